The minimum absolute atomic E-state index is 0.186. The van der Waals surface area contributed by atoms with Crippen LogP contribution in [0.2, 0.25) is 5.02 Å². The monoisotopic (exact) mass is 470 g/mol. The van der Waals surface area contributed by atoms with E-state index in [1.165, 1.54) is 0 Å². The molecule has 3 unspecified atom stereocenters. The molecular formula is C23H23ClN4O3S. The molecule has 1 amide bonds. The summed E-state index contributed by atoms with van der Waals surface area (Å²) < 4.78 is 15.1. The summed E-state index contributed by atoms with van der Waals surface area (Å²) in [6.45, 7) is 0.648. The summed E-state index contributed by atoms with van der Waals surface area (Å²) in [5, 5.41) is 3.29. The summed E-state index contributed by atoms with van der Waals surface area (Å²) in [7, 11) is -1.43. The maximum atomic E-state index is 13.2. The van der Waals surface area contributed by atoms with Gasteiger partial charge in [0.05, 0.1) is 16.0 Å². The van der Waals surface area contributed by atoms with Crippen LogP contribution in [0.5, 0.6) is 0 Å². The van der Waals surface area contributed by atoms with Gasteiger partial charge in [0.15, 0.2) is 0 Å². The highest BCUT2D eigenvalue weighted by Crippen LogP contribution is 2.35. The lowest BCUT2D eigenvalue weighted by molar-refractivity contribution is 0.0136. The molecular weight excluding hydrogens is 448 g/mol. The Kier molecular flexibility index (Phi) is 7.29. The van der Waals surface area contributed by atoms with E-state index in [4.69, 9.17) is 22.3 Å². The Morgan fingerprint density at radius 2 is 1.88 bits per heavy atom. The lowest BCUT2D eigenvalue weighted by atomic mass is 9.99. The van der Waals surface area contributed by atoms with Gasteiger partial charge in [-0.2, -0.15) is 0 Å². The van der Waals surface area contributed by atoms with Crippen LogP contribution in [0.4, 0.5) is 5.69 Å². The number of amides is 1. The standard InChI is InChI=1S/C23H23ClN4O3S/c24-19-4-1-2-6-21(19)32(30)28-15-3-5-20(28)22(31-25)16-7-9-17(10-8-16)23(29)27-18-11-13-26-14-12-18/h1-2,4,6-14,20,22H,3,5,15,25H2,(H,26,27,29). The molecule has 3 atom stereocenters. The van der Waals surface area contributed by atoms with Crippen LogP contribution in [0.3, 0.4) is 0 Å². The predicted octanol–water partition coefficient (Wildman–Crippen LogP) is 4.11. The highest BCUT2D eigenvalue weighted by molar-refractivity contribution is 7.82. The molecule has 0 saturated carbocycles. The van der Waals surface area contributed by atoms with Gasteiger partial charge in [0.2, 0.25) is 0 Å². The van der Waals surface area contributed by atoms with Crippen molar-refractivity contribution in [1.82, 2.24) is 9.29 Å². The molecule has 2 heterocycles. The van der Waals surface area contributed by atoms with Crippen LogP contribution in [0.1, 0.15) is 34.9 Å². The van der Waals surface area contributed by atoms with Crippen molar-refractivity contribution in [1.29, 1.82) is 0 Å². The molecule has 166 valence electrons. The third-order valence-electron chi connectivity index (χ3n) is 5.42. The average Bonchev–Trinajstić information content (AvgIpc) is 3.30. The fraction of sp³-hybridized carbons (Fsp3) is 0.217. The number of nitrogens with zero attached hydrogens (tertiary/aromatic N) is 2. The van der Waals surface area contributed by atoms with Gasteiger partial charge in [-0.25, -0.2) is 14.4 Å². The number of nitrogens with two attached hydrogens (primary N) is 1. The Morgan fingerprint density at radius 1 is 1.16 bits per heavy atom. The Morgan fingerprint density at radius 3 is 2.56 bits per heavy atom. The summed E-state index contributed by atoms with van der Waals surface area (Å²) in [6, 6.07) is 17.4. The summed E-state index contributed by atoms with van der Waals surface area (Å²) in [4.78, 5) is 22.4. The fourth-order valence-corrected chi connectivity index (χ4v) is 5.61. The summed E-state index contributed by atoms with van der Waals surface area (Å²) >= 11 is 6.26. The third kappa shape index (κ3) is 4.90. The molecule has 1 aliphatic rings. The van der Waals surface area contributed by atoms with E-state index < -0.39 is 17.1 Å². The van der Waals surface area contributed by atoms with Crippen LogP contribution >= 0.6 is 11.6 Å². The van der Waals surface area contributed by atoms with Crippen molar-refractivity contribution < 1.29 is 13.8 Å². The second kappa shape index (κ2) is 10.3. The van der Waals surface area contributed by atoms with Crippen molar-refractivity contribution in [3.63, 3.8) is 0 Å². The third-order valence-corrected chi connectivity index (χ3v) is 7.47. The number of rotatable bonds is 7. The molecule has 32 heavy (non-hydrogen) atoms. The van der Waals surface area contributed by atoms with Crippen molar-refractivity contribution in [2.75, 3.05) is 11.9 Å². The fourth-order valence-electron chi connectivity index (χ4n) is 3.84. The first-order valence-corrected chi connectivity index (χ1v) is 11.7. The molecule has 3 aromatic rings. The molecule has 3 N–H and O–H groups in total. The number of pyridine rings is 1. The average molecular weight is 471 g/mol. The van der Waals surface area contributed by atoms with E-state index >= 15 is 0 Å². The van der Waals surface area contributed by atoms with Crippen LogP contribution in [0, 0.1) is 0 Å². The molecule has 0 bridgehead atoms. The maximum Gasteiger partial charge on any atom is 0.255 e. The van der Waals surface area contributed by atoms with E-state index in [0.29, 0.717) is 27.7 Å². The van der Waals surface area contributed by atoms with E-state index in [-0.39, 0.29) is 11.9 Å². The number of hydrogen-bond donors (Lipinski definition) is 2. The molecule has 1 aromatic heterocycles. The topological polar surface area (TPSA) is 97.5 Å². The van der Waals surface area contributed by atoms with E-state index in [9.17, 15) is 9.00 Å². The molecule has 4 rings (SSSR count). The molecule has 9 heteroatoms. The number of nitrogens with one attached hydrogen (secondary N) is 1. The minimum atomic E-state index is -1.43. The van der Waals surface area contributed by atoms with Crippen molar-refractivity contribution in [2.24, 2.45) is 5.90 Å². The first-order chi connectivity index (χ1) is 15.6. The van der Waals surface area contributed by atoms with Crippen molar-refractivity contribution in [2.45, 2.75) is 29.9 Å². The zero-order valence-corrected chi connectivity index (χ0v) is 18.8. The molecule has 1 fully saturated rings. The molecule has 0 spiro atoms. The van der Waals surface area contributed by atoms with Gasteiger partial charge in [-0.3, -0.25) is 14.6 Å². The largest absolute Gasteiger partial charge is 0.322 e. The van der Waals surface area contributed by atoms with E-state index in [0.717, 1.165) is 18.4 Å². The Balaban J connectivity index is 1.51. The van der Waals surface area contributed by atoms with Gasteiger partial charge < -0.3 is 5.32 Å². The van der Waals surface area contributed by atoms with Gasteiger partial charge in [0, 0.05) is 30.2 Å². The second-order valence-corrected chi connectivity index (χ2v) is 9.21. The molecule has 0 radical (unpaired) electrons. The number of halogens is 1. The molecule has 2 aromatic carbocycles. The summed E-state index contributed by atoms with van der Waals surface area (Å²) in [6.07, 6.45) is 4.38. The Labute approximate surface area is 194 Å². The van der Waals surface area contributed by atoms with E-state index in [2.05, 4.69) is 10.3 Å². The number of anilines is 1. The molecule has 1 aliphatic heterocycles. The van der Waals surface area contributed by atoms with Crippen molar-refractivity contribution in [3.05, 3.63) is 89.2 Å². The number of carbonyl (C=O) groups is 1. The lowest BCUT2D eigenvalue weighted by Crippen LogP contribution is -2.38. The zero-order chi connectivity index (χ0) is 22.5. The van der Waals surface area contributed by atoms with Gasteiger partial charge in [-0.05, 0) is 54.8 Å². The van der Waals surface area contributed by atoms with Gasteiger partial charge in [-0.15, -0.1) is 0 Å². The maximum absolute atomic E-state index is 13.2. The van der Waals surface area contributed by atoms with E-state index in [1.54, 1.807) is 48.8 Å². The lowest BCUT2D eigenvalue weighted by Gasteiger charge is -2.29. The van der Waals surface area contributed by atoms with E-state index in [1.807, 2.05) is 28.6 Å². The van der Waals surface area contributed by atoms with Gasteiger partial charge in [0.25, 0.3) is 5.91 Å². The first kappa shape index (κ1) is 22.6. The van der Waals surface area contributed by atoms with Crippen LogP contribution in [-0.2, 0) is 15.8 Å². The van der Waals surface area contributed by atoms with Crippen LogP contribution in [0.25, 0.3) is 0 Å². The second-order valence-electron chi connectivity index (χ2n) is 7.40. The van der Waals surface area contributed by atoms with Crippen molar-refractivity contribution in [3.8, 4) is 0 Å². The number of aromatic nitrogens is 1. The highest BCUT2D eigenvalue weighted by atomic mass is 35.5. The molecule has 0 aliphatic carbocycles. The smallest absolute Gasteiger partial charge is 0.255 e. The van der Waals surface area contributed by atoms with Crippen LogP contribution in [-0.4, -0.2) is 32.0 Å². The quantitative estimate of drug-likeness (QED) is 0.506. The Bertz CT molecular complexity index is 1100. The van der Waals surface area contributed by atoms with Gasteiger partial charge >= 0.3 is 0 Å². The predicted molar refractivity (Wildman–Crippen MR) is 124 cm³/mol. The number of carbonyl (C=O) groups excluding carboxylic acids is 1. The highest BCUT2D eigenvalue weighted by Gasteiger charge is 2.37. The number of benzene rings is 2. The minimum Gasteiger partial charge on any atom is -0.322 e. The zero-order valence-electron chi connectivity index (χ0n) is 17.2. The van der Waals surface area contributed by atoms with Crippen LogP contribution in [0.15, 0.2) is 78.0 Å². The molecule has 7 nitrogen and oxygen atoms in total. The first-order valence-electron chi connectivity index (χ1n) is 10.2. The SMILES string of the molecule is NOC(c1ccc(C(=O)Nc2ccncc2)cc1)C1CCCN1S(=O)c1ccccc1Cl. The van der Waals surface area contributed by atoms with Gasteiger partial charge in [0.1, 0.15) is 17.1 Å². The van der Waals surface area contributed by atoms with Crippen molar-refractivity contribution >= 4 is 34.2 Å². The number of hydrogen-bond acceptors (Lipinski definition) is 5. The van der Waals surface area contributed by atoms with Gasteiger partial charge in [-0.1, -0.05) is 35.9 Å². The summed E-state index contributed by atoms with van der Waals surface area (Å²) in [5.74, 6) is 5.45. The van der Waals surface area contributed by atoms with Crippen LogP contribution < -0.4 is 11.2 Å². The normalized spacial score (nSPS) is 18.2. The Hall–Kier alpha value is -2.62. The molecule has 1 saturated heterocycles. The summed E-state index contributed by atoms with van der Waals surface area (Å²) in [5.41, 5.74) is 1.98.